The number of hydrogen-bond acceptors (Lipinski definition) is 6. The van der Waals surface area contributed by atoms with Gasteiger partial charge in [0.15, 0.2) is 11.6 Å². The molecule has 0 aliphatic carbocycles. The van der Waals surface area contributed by atoms with E-state index in [4.69, 9.17) is 56.4 Å². The van der Waals surface area contributed by atoms with Crippen LogP contribution in [0.1, 0.15) is 45.6 Å². The predicted molar refractivity (Wildman–Crippen MR) is 184 cm³/mol. The number of hydrogen-bond donors (Lipinski definition) is 0. The highest BCUT2D eigenvalue weighted by Crippen LogP contribution is 2.32. The van der Waals surface area contributed by atoms with Gasteiger partial charge in [0, 0.05) is 42.3 Å². The van der Waals surface area contributed by atoms with Gasteiger partial charge < -0.3 is 0 Å². The van der Waals surface area contributed by atoms with Gasteiger partial charge in [0.25, 0.3) is 0 Å². The molecule has 12 heteroatoms. The number of aliphatic imine (C=N–C) groups is 2. The average molecular weight is 686 g/mol. The van der Waals surface area contributed by atoms with Crippen LogP contribution >= 0.6 is 46.4 Å². The van der Waals surface area contributed by atoms with Crippen molar-refractivity contribution in [1.29, 1.82) is 0 Å². The quantitative estimate of drug-likeness (QED) is 0.183. The Kier molecular flexibility index (Phi) is 8.21. The Labute approximate surface area is 285 Å². The van der Waals surface area contributed by atoms with Gasteiger partial charge >= 0.3 is 0 Å². The molecule has 2 aromatic heterocycles. The molecule has 0 bridgehead atoms. The van der Waals surface area contributed by atoms with E-state index in [2.05, 4.69) is 20.4 Å². The molecule has 0 saturated heterocycles. The van der Waals surface area contributed by atoms with E-state index < -0.39 is 0 Å². The fraction of sp³-hybridized carbons (Fsp3) is 0.118. The molecule has 0 unspecified atom stereocenters. The Morgan fingerprint density at radius 1 is 0.500 bits per heavy atom. The van der Waals surface area contributed by atoms with E-state index in [1.165, 1.54) is 0 Å². The second kappa shape index (κ2) is 12.5. The van der Waals surface area contributed by atoms with E-state index in [0.717, 1.165) is 68.3 Å². The average Bonchev–Trinajstić information content (AvgIpc) is 3.49. The van der Waals surface area contributed by atoms with Gasteiger partial charge in [-0.1, -0.05) is 82.8 Å². The van der Waals surface area contributed by atoms with E-state index in [-0.39, 0.29) is 0 Å². The summed E-state index contributed by atoms with van der Waals surface area (Å²) in [5.74, 6) is 3.24. The third-order valence-corrected chi connectivity index (χ3v) is 8.84. The third-order valence-electron chi connectivity index (χ3n) is 7.71. The molecule has 2 aliphatic heterocycles. The van der Waals surface area contributed by atoms with Crippen LogP contribution in [0.2, 0.25) is 20.1 Å². The van der Waals surface area contributed by atoms with E-state index >= 15 is 0 Å². The number of halogens is 4. The Morgan fingerprint density at radius 3 is 1.33 bits per heavy atom. The van der Waals surface area contributed by atoms with Crippen LogP contribution in [0.3, 0.4) is 0 Å². The first-order valence-corrected chi connectivity index (χ1v) is 15.8. The molecule has 0 spiro atoms. The van der Waals surface area contributed by atoms with Gasteiger partial charge in [-0.15, -0.1) is 20.4 Å². The maximum Gasteiger partial charge on any atom is 0.159 e. The van der Waals surface area contributed by atoms with Crippen LogP contribution in [-0.4, -0.2) is 41.0 Å². The van der Waals surface area contributed by atoms with Crippen molar-refractivity contribution in [2.24, 2.45) is 9.98 Å². The molecule has 6 aromatic rings. The van der Waals surface area contributed by atoms with Crippen molar-refractivity contribution in [2.75, 3.05) is 0 Å². The highest BCUT2D eigenvalue weighted by molar-refractivity contribution is 6.37. The SMILES string of the molecule is Cc1nnc2n1-c1ccc(Cl)cc1C(c1ccccc1Cl)=NC2.Cc1nnc2n1-c1ccc(Cl)cc1C(c1ccccc1Cl)=NC2. The number of fused-ring (bicyclic) bond motifs is 6. The molecule has 0 radical (unpaired) electrons. The molecule has 4 aromatic carbocycles. The Morgan fingerprint density at radius 2 is 0.913 bits per heavy atom. The Hall–Kier alpha value is -4.34. The van der Waals surface area contributed by atoms with Crippen LogP contribution < -0.4 is 0 Å². The van der Waals surface area contributed by atoms with Gasteiger partial charge in [0.1, 0.15) is 24.7 Å². The van der Waals surface area contributed by atoms with Gasteiger partial charge in [0.05, 0.1) is 22.8 Å². The van der Waals surface area contributed by atoms with E-state index in [1.807, 2.05) is 108 Å². The molecule has 8 nitrogen and oxygen atoms in total. The highest BCUT2D eigenvalue weighted by Gasteiger charge is 2.24. The predicted octanol–water partition coefficient (Wildman–Crippen LogP) is 8.47. The van der Waals surface area contributed by atoms with Crippen LogP contribution in [0.4, 0.5) is 0 Å². The number of nitrogens with zero attached hydrogens (tertiary/aromatic N) is 8. The maximum absolute atomic E-state index is 6.39. The van der Waals surface area contributed by atoms with E-state index in [0.29, 0.717) is 33.2 Å². The topological polar surface area (TPSA) is 86.1 Å². The monoisotopic (exact) mass is 684 g/mol. The molecule has 0 amide bonds. The summed E-state index contributed by atoms with van der Waals surface area (Å²) in [6.45, 7) is 4.73. The van der Waals surface area contributed by atoms with Crippen molar-refractivity contribution in [3.8, 4) is 11.4 Å². The third kappa shape index (κ3) is 5.52. The molecule has 8 rings (SSSR count). The molecule has 0 fully saturated rings. The van der Waals surface area contributed by atoms with Crippen LogP contribution in [0.5, 0.6) is 0 Å². The van der Waals surface area contributed by atoms with Crippen molar-refractivity contribution >= 4 is 57.8 Å². The van der Waals surface area contributed by atoms with Crippen molar-refractivity contribution in [1.82, 2.24) is 29.5 Å². The fourth-order valence-corrected chi connectivity index (χ4v) is 6.46. The zero-order chi connectivity index (χ0) is 31.9. The summed E-state index contributed by atoms with van der Waals surface area (Å²) in [6, 6.07) is 26.8. The van der Waals surface area contributed by atoms with Gasteiger partial charge in [0.2, 0.25) is 0 Å². The lowest BCUT2D eigenvalue weighted by atomic mass is 10.0. The first-order chi connectivity index (χ1) is 22.3. The second-order valence-corrected chi connectivity index (χ2v) is 12.3. The lowest BCUT2D eigenvalue weighted by Gasteiger charge is -2.13. The van der Waals surface area contributed by atoms with Crippen molar-refractivity contribution < 1.29 is 0 Å². The molecular formula is C34H24Cl4N8. The van der Waals surface area contributed by atoms with E-state index in [9.17, 15) is 0 Å². The number of aromatic nitrogens is 6. The molecule has 2 aliphatic rings. The molecule has 0 N–H and O–H groups in total. The molecule has 46 heavy (non-hydrogen) atoms. The minimum Gasteiger partial charge on any atom is -0.281 e. The first-order valence-electron chi connectivity index (χ1n) is 14.3. The number of rotatable bonds is 2. The van der Waals surface area contributed by atoms with Crippen molar-refractivity contribution in [3.63, 3.8) is 0 Å². The summed E-state index contributed by atoms with van der Waals surface area (Å²) >= 11 is 25.2. The minimum absolute atomic E-state index is 0.438. The number of aryl methyl sites for hydroxylation is 2. The lowest BCUT2D eigenvalue weighted by molar-refractivity contribution is 0.861. The van der Waals surface area contributed by atoms with Crippen LogP contribution in [0, 0.1) is 13.8 Å². The summed E-state index contributed by atoms with van der Waals surface area (Å²) in [5.41, 5.74) is 7.17. The summed E-state index contributed by atoms with van der Waals surface area (Å²) in [4.78, 5) is 9.48. The van der Waals surface area contributed by atoms with Gasteiger partial charge in [-0.05, 0) is 62.4 Å². The summed E-state index contributed by atoms with van der Waals surface area (Å²) in [7, 11) is 0. The highest BCUT2D eigenvalue weighted by atomic mass is 35.5. The fourth-order valence-electron chi connectivity index (χ4n) is 5.67. The minimum atomic E-state index is 0.438. The largest absolute Gasteiger partial charge is 0.281 e. The van der Waals surface area contributed by atoms with Gasteiger partial charge in [-0.2, -0.15) is 0 Å². The Bertz CT molecular complexity index is 2040. The summed E-state index contributed by atoms with van der Waals surface area (Å²) < 4.78 is 4.03. The molecule has 0 atom stereocenters. The normalized spacial score (nSPS) is 13.1. The zero-order valence-corrected chi connectivity index (χ0v) is 27.6. The standard InChI is InChI=1S/2C17H12Cl2N4/c2*1-10-21-22-16-9-20-17(12-4-2-3-5-14(12)19)13-8-11(18)6-7-15(13)23(10)16/h2*2-8H,9H2,1H3. The smallest absolute Gasteiger partial charge is 0.159 e. The summed E-state index contributed by atoms with van der Waals surface area (Å²) in [5, 5.41) is 19.4. The lowest BCUT2D eigenvalue weighted by Crippen LogP contribution is -2.08. The number of benzene rings is 4. The molecule has 4 heterocycles. The first kappa shape index (κ1) is 30.3. The summed E-state index contributed by atoms with van der Waals surface area (Å²) in [6.07, 6.45) is 0. The second-order valence-electron chi connectivity index (χ2n) is 10.6. The molecular weight excluding hydrogens is 662 g/mol. The van der Waals surface area contributed by atoms with Gasteiger partial charge in [-0.25, -0.2) is 0 Å². The van der Waals surface area contributed by atoms with Crippen LogP contribution in [-0.2, 0) is 13.1 Å². The Balaban J connectivity index is 0.000000147. The van der Waals surface area contributed by atoms with Crippen LogP contribution in [0.15, 0.2) is 94.9 Å². The van der Waals surface area contributed by atoms with Crippen LogP contribution in [0.25, 0.3) is 11.4 Å². The maximum atomic E-state index is 6.39. The molecule has 0 saturated carbocycles. The van der Waals surface area contributed by atoms with E-state index in [1.54, 1.807) is 0 Å². The molecule has 228 valence electrons. The van der Waals surface area contributed by atoms with Gasteiger partial charge in [-0.3, -0.25) is 19.1 Å². The zero-order valence-electron chi connectivity index (χ0n) is 24.6. The van der Waals surface area contributed by atoms with Crippen molar-refractivity contribution in [3.05, 3.63) is 151 Å². The van der Waals surface area contributed by atoms with Crippen molar-refractivity contribution in [2.45, 2.75) is 26.9 Å².